The van der Waals surface area contributed by atoms with Gasteiger partial charge in [-0.05, 0) is 6.07 Å². The molecule has 5 nitrogen and oxygen atoms in total. The van der Waals surface area contributed by atoms with Crippen molar-refractivity contribution in [2.24, 2.45) is 0 Å². The molecule has 0 unspecified atom stereocenters. The summed E-state index contributed by atoms with van der Waals surface area (Å²) in [7, 11) is 0. The Hall–Kier alpha value is -2.21. The lowest BCUT2D eigenvalue weighted by Gasteiger charge is -2.26. The first-order valence-corrected chi connectivity index (χ1v) is 7.21. The van der Waals surface area contributed by atoms with E-state index < -0.39 is 0 Å². The lowest BCUT2D eigenvalue weighted by atomic mass is 10.0. The second-order valence-corrected chi connectivity index (χ2v) is 5.45. The molecule has 4 rings (SSSR count). The fourth-order valence-corrected chi connectivity index (χ4v) is 3.17. The highest BCUT2D eigenvalue weighted by atomic mass is 32.1. The van der Waals surface area contributed by atoms with E-state index in [1.807, 2.05) is 17.0 Å². The third kappa shape index (κ3) is 1.72. The number of hydrogen-bond acceptors (Lipinski definition) is 4. The summed E-state index contributed by atoms with van der Waals surface area (Å²) in [6, 6.07) is 8.23. The molecule has 3 aromatic rings. The Morgan fingerprint density at radius 1 is 1.35 bits per heavy atom. The Morgan fingerprint density at radius 3 is 3.10 bits per heavy atom. The van der Waals surface area contributed by atoms with Crippen LogP contribution >= 0.6 is 11.7 Å². The van der Waals surface area contributed by atoms with E-state index in [1.165, 1.54) is 22.8 Å². The number of amides is 1. The fourth-order valence-electron chi connectivity index (χ4n) is 2.76. The molecule has 0 saturated heterocycles. The summed E-state index contributed by atoms with van der Waals surface area (Å²) in [5, 5.41) is 1.21. The van der Waals surface area contributed by atoms with Crippen LogP contribution in [0.25, 0.3) is 10.9 Å². The highest BCUT2D eigenvalue weighted by molar-refractivity contribution is 6.99. The van der Waals surface area contributed by atoms with Gasteiger partial charge in [0.15, 0.2) is 5.69 Å². The third-order valence-corrected chi connectivity index (χ3v) is 4.23. The predicted molar refractivity (Wildman–Crippen MR) is 76.7 cm³/mol. The molecule has 0 fully saturated rings. The first-order chi connectivity index (χ1) is 9.83. The number of aromatic nitrogens is 3. The summed E-state index contributed by atoms with van der Waals surface area (Å²) in [6.45, 7) is 1.35. The molecule has 1 amide bonds. The summed E-state index contributed by atoms with van der Waals surface area (Å²) in [5.41, 5.74) is 4.05. The van der Waals surface area contributed by atoms with Gasteiger partial charge in [0.1, 0.15) is 0 Å². The number of hydrogen-bond donors (Lipinski definition) is 1. The Morgan fingerprint density at radius 2 is 2.25 bits per heavy atom. The maximum Gasteiger partial charge on any atom is 0.275 e. The van der Waals surface area contributed by atoms with E-state index >= 15 is 0 Å². The second kappa shape index (κ2) is 4.42. The molecule has 0 radical (unpaired) electrons. The zero-order valence-electron chi connectivity index (χ0n) is 10.7. The minimum atomic E-state index is -0.0327. The van der Waals surface area contributed by atoms with Gasteiger partial charge in [0.2, 0.25) is 0 Å². The minimum Gasteiger partial charge on any atom is -0.358 e. The second-order valence-electron chi connectivity index (χ2n) is 4.90. The molecule has 20 heavy (non-hydrogen) atoms. The van der Waals surface area contributed by atoms with E-state index in [9.17, 15) is 4.79 Å². The largest absolute Gasteiger partial charge is 0.358 e. The molecule has 6 heteroatoms. The molecular formula is C14H12N4OS. The van der Waals surface area contributed by atoms with E-state index in [4.69, 9.17) is 0 Å². The van der Waals surface area contributed by atoms with Gasteiger partial charge in [0, 0.05) is 41.7 Å². The van der Waals surface area contributed by atoms with Crippen molar-refractivity contribution in [1.29, 1.82) is 0 Å². The predicted octanol–water partition coefficient (Wildman–Crippen LogP) is 2.22. The number of para-hydroxylation sites is 1. The van der Waals surface area contributed by atoms with E-state index in [2.05, 4.69) is 25.9 Å². The number of rotatable bonds is 1. The maximum atomic E-state index is 12.3. The first-order valence-electron chi connectivity index (χ1n) is 6.48. The van der Waals surface area contributed by atoms with Crippen molar-refractivity contribution >= 4 is 28.5 Å². The third-order valence-electron chi connectivity index (χ3n) is 3.75. The number of benzene rings is 1. The zero-order chi connectivity index (χ0) is 13.5. The molecule has 1 aliphatic rings. The first kappa shape index (κ1) is 11.6. The van der Waals surface area contributed by atoms with Gasteiger partial charge in [-0.2, -0.15) is 8.75 Å². The fraction of sp³-hybridized carbons (Fsp3) is 0.214. The number of carbonyl (C=O) groups is 1. The Labute approximate surface area is 119 Å². The van der Waals surface area contributed by atoms with Crippen LogP contribution in [0, 0.1) is 0 Å². The van der Waals surface area contributed by atoms with Gasteiger partial charge < -0.3 is 9.88 Å². The van der Waals surface area contributed by atoms with Crippen molar-refractivity contribution in [3.05, 3.63) is 47.4 Å². The monoisotopic (exact) mass is 284 g/mol. The number of aromatic amines is 1. The summed E-state index contributed by atoms with van der Waals surface area (Å²) >= 11 is 1.07. The van der Waals surface area contributed by atoms with E-state index in [0.717, 1.165) is 30.2 Å². The van der Waals surface area contributed by atoms with Crippen LogP contribution in [0.1, 0.15) is 21.7 Å². The molecule has 0 aliphatic carbocycles. The molecule has 0 saturated carbocycles. The zero-order valence-corrected chi connectivity index (χ0v) is 11.5. The lowest BCUT2D eigenvalue weighted by Crippen LogP contribution is -2.35. The Kier molecular flexibility index (Phi) is 2.56. The molecule has 0 spiro atoms. The van der Waals surface area contributed by atoms with Crippen LogP contribution < -0.4 is 0 Å². The van der Waals surface area contributed by atoms with Gasteiger partial charge in [-0.15, -0.1) is 0 Å². The Balaban J connectivity index is 1.71. The van der Waals surface area contributed by atoms with Crippen molar-refractivity contribution in [2.75, 3.05) is 6.54 Å². The van der Waals surface area contributed by atoms with Gasteiger partial charge in [-0.25, -0.2) is 0 Å². The number of H-pyrrole nitrogens is 1. The Bertz CT molecular complexity index is 778. The standard InChI is InChI=1S/C14H12N4OS/c19-14(13-7-15-20-17-13)18-6-5-12-10(8-18)9-3-1-2-4-11(9)16-12/h1-4,7,16H,5-6,8H2. The lowest BCUT2D eigenvalue weighted by molar-refractivity contribution is 0.0730. The maximum absolute atomic E-state index is 12.3. The topological polar surface area (TPSA) is 61.9 Å². The molecular weight excluding hydrogens is 272 g/mol. The van der Waals surface area contributed by atoms with E-state index in [-0.39, 0.29) is 5.91 Å². The highest BCUT2D eigenvalue weighted by Gasteiger charge is 2.25. The smallest absolute Gasteiger partial charge is 0.275 e. The SMILES string of the molecule is O=C(c1cnsn1)N1CCc2[nH]c3ccccc3c2C1. The van der Waals surface area contributed by atoms with Crippen molar-refractivity contribution in [3.63, 3.8) is 0 Å². The summed E-state index contributed by atoms with van der Waals surface area (Å²) in [5.74, 6) is -0.0327. The normalized spacial score (nSPS) is 14.5. The van der Waals surface area contributed by atoms with Crippen LogP contribution in [0.3, 0.4) is 0 Å². The number of carbonyl (C=O) groups excluding carboxylic acids is 1. The summed E-state index contributed by atoms with van der Waals surface area (Å²) in [4.78, 5) is 17.6. The van der Waals surface area contributed by atoms with Gasteiger partial charge in [-0.1, -0.05) is 18.2 Å². The number of fused-ring (bicyclic) bond motifs is 3. The molecule has 1 aromatic carbocycles. The molecule has 100 valence electrons. The van der Waals surface area contributed by atoms with Crippen LogP contribution in [0.5, 0.6) is 0 Å². The van der Waals surface area contributed by atoms with Crippen molar-refractivity contribution in [2.45, 2.75) is 13.0 Å². The van der Waals surface area contributed by atoms with Crippen LogP contribution in [0.15, 0.2) is 30.5 Å². The number of nitrogens with one attached hydrogen (secondary N) is 1. The summed E-state index contributed by atoms with van der Waals surface area (Å²) in [6.07, 6.45) is 2.39. The average molecular weight is 284 g/mol. The van der Waals surface area contributed by atoms with Gasteiger partial charge in [0.25, 0.3) is 5.91 Å². The summed E-state index contributed by atoms with van der Waals surface area (Å²) < 4.78 is 7.93. The molecule has 2 aromatic heterocycles. The molecule has 1 N–H and O–H groups in total. The number of nitrogens with zero attached hydrogens (tertiary/aromatic N) is 3. The van der Waals surface area contributed by atoms with Gasteiger partial charge >= 0.3 is 0 Å². The van der Waals surface area contributed by atoms with E-state index in [0.29, 0.717) is 12.2 Å². The van der Waals surface area contributed by atoms with Crippen LogP contribution in [0.4, 0.5) is 0 Å². The quantitative estimate of drug-likeness (QED) is 0.745. The minimum absolute atomic E-state index is 0.0327. The van der Waals surface area contributed by atoms with Gasteiger partial charge in [0.05, 0.1) is 17.9 Å². The van der Waals surface area contributed by atoms with Crippen LogP contribution in [0.2, 0.25) is 0 Å². The van der Waals surface area contributed by atoms with Crippen molar-refractivity contribution in [1.82, 2.24) is 18.6 Å². The average Bonchev–Trinajstić information content (AvgIpc) is 3.13. The van der Waals surface area contributed by atoms with Crippen molar-refractivity contribution in [3.8, 4) is 0 Å². The van der Waals surface area contributed by atoms with Gasteiger partial charge in [-0.3, -0.25) is 4.79 Å². The van der Waals surface area contributed by atoms with Crippen molar-refractivity contribution < 1.29 is 4.79 Å². The van der Waals surface area contributed by atoms with Crippen LogP contribution in [-0.4, -0.2) is 31.1 Å². The molecule has 1 aliphatic heterocycles. The highest BCUT2D eigenvalue weighted by Crippen LogP contribution is 2.28. The molecule has 0 atom stereocenters. The molecule has 0 bridgehead atoms. The van der Waals surface area contributed by atoms with E-state index in [1.54, 1.807) is 0 Å². The molecule has 3 heterocycles. The van der Waals surface area contributed by atoms with Crippen LogP contribution in [-0.2, 0) is 13.0 Å².